The number of nitro groups is 1. The average molecular weight is 398 g/mol. The van der Waals surface area contributed by atoms with Crippen LogP contribution in [0.25, 0.3) is 0 Å². The molecule has 0 saturated carbocycles. The lowest BCUT2D eigenvalue weighted by Crippen LogP contribution is -2.37. The number of hydrogen-bond acceptors (Lipinski definition) is 6. The maximum Gasteiger partial charge on any atom is 0.270 e. The van der Waals surface area contributed by atoms with Crippen molar-refractivity contribution in [2.75, 3.05) is 18.8 Å². The van der Waals surface area contributed by atoms with Gasteiger partial charge in [-0.15, -0.1) is 0 Å². The maximum absolute atomic E-state index is 12.0. The number of amides is 2. The van der Waals surface area contributed by atoms with Crippen molar-refractivity contribution in [3.8, 4) is 6.07 Å². The van der Waals surface area contributed by atoms with Gasteiger partial charge in [-0.25, -0.2) is 0 Å². The first-order valence-corrected chi connectivity index (χ1v) is 9.52. The van der Waals surface area contributed by atoms with Crippen molar-refractivity contribution in [2.45, 2.75) is 5.75 Å². The lowest BCUT2D eigenvalue weighted by Gasteiger charge is -2.07. The van der Waals surface area contributed by atoms with E-state index in [2.05, 4.69) is 16.7 Å². The highest BCUT2D eigenvalue weighted by atomic mass is 32.2. The second-order valence-corrected chi connectivity index (χ2v) is 6.77. The van der Waals surface area contributed by atoms with Gasteiger partial charge in [0.2, 0.25) is 5.91 Å². The standard InChI is InChI=1S/C19H18N4O4S/c20-11-15-4-1-2-5-16(15)13-28-9-8-21-18(24)12-22-19(25)14-6-3-7-17(10-14)23(26)27/h1-7,10H,8-9,12-13H2,(H,21,24)(H,22,25). The molecule has 144 valence electrons. The fourth-order valence-electron chi connectivity index (χ4n) is 2.29. The molecule has 28 heavy (non-hydrogen) atoms. The summed E-state index contributed by atoms with van der Waals surface area (Å²) in [5, 5.41) is 24.9. The van der Waals surface area contributed by atoms with Crippen LogP contribution in [0.1, 0.15) is 21.5 Å². The summed E-state index contributed by atoms with van der Waals surface area (Å²) >= 11 is 1.59. The minimum atomic E-state index is -0.587. The number of nitro benzene ring substituents is 1. The summed E-state index contributed by atoms with van der Waals surface area (Å²) in [4.78, 5) is 33.9. The zero-order valence-electron chi connectivity index (χ0n) is 14.9. The van der Waals surface area contributed by atoms with Crippen molar-refractivity contribution in [3.05, 3.63) is 75.3 Å². The van der Waals surface area contributed by atoms with E-state index >= 15 is 0 Å². The van der Waals surface area contributed by atoms with Crippen LogP contribution in [0.4, 0.5) is 5.69 Å². The zero-order chi connectivity index (χ0) is 20.4. The van der Waals surface area contributed by atoms with E-state index in [1.807, 2.05) is 18.2 Å². The monoisotopic (exact) mass is 398 g/mol. The number of carbonyl (C=O) groups is 2. The van der Waals surface area contributed by atoms with Crippen molar-refractivity contribution < 1.29 is 14.5 Å². The van der Waals surface area contributed by atoms with Crippen LogP contribution in [0.3, 0.4) is 0 Å². The smallest absolute Gasteiger partial charge is 0.270 e. The Labute approximate surface area is 166 Å². The first-order chi connectivity index (χ1) is 13.5. The van der Waals surface area contributed by atoms with Gasteiger partial charge in [-0.2, -0.15) is 17.0 Å². The highest BCUT2D eigenvalue weighted by molar-refractivity contribution is 7.98. The van der Waals surface area contributed by atoms with Crippen LogP contribution in [0.15, 0.2) is 48.5 Å². The molecular weight excluding hydrogens is 380 g/mol. The number of nitrogens with one attached hydrogen (secondary N) is 2. The summed E-state index contributed by atoms with van der Waals surface area (Å²) in [6.45, 7) is 0.203. The Balaban J connectivity index is 1.67. The molecule has 0 saturated heterocycles. The summed E-state index contributed by atoms with van der Waals surface area (Å²) in [6.07, 6.45) is 0. The van der Waals surface area contributed by atoms with E-state index in [-0.39, 0.29) is 23.7 Å². The molecule has 2 aromatic rings. The van der Waals surface area contributed by atoms with Crippen molar-refractivity contribution >= 4 is 29.3 Å². The lowest BCUT2D eigenvalue weighted by atomic mass is 10.1. The Morgan fingerprint density at radius 2 is 1.93 bits per heavy atom. The summed E-state index contributed by atoms with van der Waals surface area (Å²) in [7, 11) is 0. The number of hydrogen-bond donors (Lipinski definition) is 2. The van der Waals surface area contributed by atoms with E-state index in [1.54, 1.807) is 17.8 Å². The molecule has 2 N–H and O–H groups in total. The third kappa shape index (κ3) is 6.41. The molecule has 8 nitrogen and oxygen atoms in total. The van der Waals surface area contributed by atoms with Crippen molar-refractivity contribution in [1.82, 2.24) is 10.6 Å². The van der Waals surface area contributed by atoms with Gasteiger partial charge in [0.1, 0.15) is 0 Å². The number of carbonyl (C=O) groups excluding carboxylic acids is 2. The van der Waals surface area contributed by atoms with Gasteiger partial charge >= 0.3 is 0 Å². The van der Waals surface area contributed by atoms with Crippen molar-refractivity contribution in [3.63, 3.8) is 0 Å². The van der Waals surface area contributed by atoms with E-state index in [1.165, 1.54) is 18.2 Å². The van der Waals surface area contributed by atoms with Crippen molar-refractivity contribution in [1.29, 1.82) is 5.26 Å². The van der Waals surface area contributed by atoms with Gasteiger partial charge in [0.25, 0.3) is 11.6 Å². The second kappa shape index (κ2) is 10.7. The Morgan fingerprint density at radius 3 is 2.68 bits per heavy atom. The molecule has 9 heteroatoms. The minimum absolute atomic E-state index is 0.119. The molecule has 2 rings (SSSR count). The van der Waals surface area contributed by atoms with Gasteiger partial charge in [-0.1, -0.05) is 24.3 Å². The molecule has 0 fully saturated rings. The third-order valence-electron chi connectivity index (χ3n) is 3.69. The molecule has 0 spiro atoms. The molecule has 0 aliphatic rings. The highest BCUT2D eigenvalue weighted by Crippen LogP contribution is 2.15. The van der Waals surface area contributed by atoms with E-state index in [4.69, 9.17) is 5.26 Å². The molecule has 0 aliphatic heterocycles. The predicted molar refractivity (Wildman–Crippen MR) is 106 cm³/mol. The predicted octanol–water partition coefficient (Wildman–Crippen LogP) is 2.25. The highest BCUT2D eigenvalue weighted by Gasteiger charge is 2.12. The van der Waals surface area contributed by atoms with Crippen LogP contribution in [-0.2, 0) is 10.5 Å². The second-order valence-electron chi connectivity index (χ2n) is 5.66. The summed E-state index contributed by atoms with van der Waals surface area (Å²) in [5.41, 5.74) is 1.52. The zero-order valence-corrected chi connectivity index (χ0v) is 15.7. The van der Waals surface area contributed by atoms with Crippen LogP contribution >= 0.6 is 11.8 Å². The van der Waals surface area contributed by atoms with E-state index in [0.717, 1.165) is 11.6 Å². The van der Waals surface area contributed by atoms with Crippen LogP contribution in [0.5, 0.6) is 0 Å². The maximum atomic E-state index is 12.0. The lowest BCUT2D eigenvalue weighted by molar-refractivity contribution is -0.384. The number of nitrogens with zero attached hydrogens (tertiary/aromatic N) is 2. The normalized spacial score (nSPS) is 9.96. The fraction of sp³-hybridized carbons (Fsp3) is 0.211. The van der Waals surface area contributed by atoms with E-state index in [9.17, 15) is 19.7 Å². The molecule has 0 atom stereocenters. The molecule has 0 aromatic heterocycles. The Kier molecular flexibility index (Phi) is 7.99. The van der Waals surface area contributed by atoms with Crippen LogP contribution in [0.2, 0.25) is 0 Å². The van der Waals surface area contributed by atoms with Gasteiger partial charge in [0.15, 0.2) is 0 Å². The number of thioether (sulfide) groups is 1. The van der Waals surface area contributed by atoms with Crippen LogP contribution in [0, 0.1) is 21.4 Å². The van der Waals surface area contributed by atoms with E-state index in [0.29, 0.717) is 23.6 Å². The largest absolute Gasteiger partial charge is 0.354 e. The summed E-state index contributed by atoms with van der Waals surface area (Å²) in [6, 6.07) is 14.8. The molecule has 0 radical (unpaired) electrons. The van der Waals surface area contributed by atoms with Gasteiger partial charge in [0.05, 0.1) is 23.1 Å². The van der Waals surface area contributed by atoms with Gasteiger partial charge in [-0.3, -0.25) is 19.7 Å². The third-order valence-corrected chi connectivity index (χ3v) is 4.70. The molecule has 0 heterocycles. The Hall–Kier alpha value is -3.38. The summed E-state index contributed by atoms with van der Waals surface area (Å²) < 4.78 is 0. The topological polar surface area (TPSA) is 125 Å². The average Bonchev–Trinajstić information content (AvgIpc) is 2.72. The molecule has 2 amide bonds. The first kappa shape index (κ1) is 20.9. The molecular formula is C19H18N4O4S. The minimum Gasteiger partial charge on any atom is -0.354 e. The van der Waals surface area contributed by atoms with Gasteiger partial charge in [-0.05, 0) is 17.7 Å². The van der Waals surface area contributed by atoms with Crippen LogP contribution < -0.4 is 10.6 Å². The summed E-state index contributed by atoms with van der Waals surface area (Å²) in [5.74, 6) is 0.422. The number of rotatable bonds is 9. The van der Waals surface area contributed by atoms with Gasteiger partial charge in [0, 0.05) is 35.7 Å². The number of non-ortho nitro benzene ring substituents is 1. The SMILES string of the molecule is N#Cc1ccccc1CSCCNC(=O)CNC(=O)c1cccc([N+](=O)[O-])c1. The van der Waals surface area contributed by atoms with Crippen molar-refractivity contribution in [2.24, 2.45) is 0 Å². The van der Waals surface area contributed by atoms with Crippen LogP contribution in [-0.4, -0.2) is 35.6 Å². The molecule has 0 bridgehead atoms. The number of benzene rings is 2. The molecule has 2 aromatic carbocycles. The van der Waals surface area contributed by atoms with Gasteiger partial charge < -0.3 is 10.6 Å². The first-order valence-electron chi connectivity index (χ1n) is 8.36. The quantitative estimate of drug-likeness (QED) is 0.379. The molecule has 0 unspecified atom stereocenters. The molecule has 0 aliphatic carbocycles. The fourth-order valence-corrected chi connectivity index (χ4v) is 3.15. The number of nitriles is 1. The van der Waals surface area contributed by atoms with E-state index < -0.39 is 10.8 Å². The Bertz CT molecular complexity index is 911. The Morgan fingerprint density at radius 1 is 1.14 bits per heavy atom.